The lowest BCUT2D eigenvalue weighted by Crippen LogP contribution is -2.52. The Morgan fingerprint density at radius 1 is 1.03 bits per heavy atom. The molecule has 0 bridgehead atoms. The highest BCUT2D eigenvalue weighted by Gasteiger charge is 2.31. The number of hydrogen-bond acceptors (Lipinski definition) is 6. The number of amides is 2. The van der Waals surface area contributed by atoms with E-state index in [0.717, 1.165) is 22.5 Å². The van der Waals surface area contributed by atoms with Crippen LogP contribution in [0, 0.1) is 0 Å². The summed E-state index contributed by atoms with van der Waals surface area (Å²) in [6.07, 6.45) is 2.17. The molecule has 1 N–H and O–H groups in total. The van der Waals surface area contributed by atoms with Crippen molar-refractivity contribution in [2.75, 3.05) is 37.4 Å². The molecule has 9 nitrogen and oxygen atoms in total. The summed E-state index contributed by atoms with van der Waals surface area (Å²) in [5.74, 6) is 0.452. The van der Waals surface area contributed by atoms with Gasteiger partial charge in [0.2, 0.25) is 21.8 Å². The average Bonchev–Trinajstić information content (AvgIpc) is 2.86. The van der Waals surface area contributed by atoms with Gasteiger partial charge in [-0.1, -0.05) is 26.0 Å². The van der Waals surface area contributed by atoms with Gasteiger partial charge in [-0.3, -0.25) is 13.9 Å². The molecule has 0 aliphatic carbocycles. The highest BCUT2D eigenvalue weighted by Crippen LogP contribution is 2.23. The Kier molecular flexibility index (Phi) is 11.0. The first-order chi connectivity index (χ1) is 17.1. The molecule has 0 aromatic heterocycles. The summed E-state index contributed by atoms with van der Waals surface area (Å²) in [7, 11) is -2.25. The minimum atomic E-state index is -3.80. The van der Waals surface area contributed by atoms with E-state index in [1.807, 2.05) is 26.8 Å². The maximum absolute atomic E-state index is 13.7. The number of carbonyl (C=O) groups excluding carboxylic acids is 2. The number of methoxy groups -OCH3 is 1. The molecule has 2 amide bonds. The normalized spacial score (nSPS) is 11.9. The minimum Gasteiger partial charge on any atom is -0.497 e. The second-order valence-corrected chi connectivity index (χ2v) is 10.2. The molecule has 0 heterocycles. The van der Waals surface area contributed by atoms with E-state index in [1.165, 1.54) is 4.90 Å². The first kappa shape index (κ1) is 29.0. The second-order valence-electron chi connectivity index (χ2n) is 8.28. The number of nitrogens with zero attached hydrogens (tertiary/aromatic N) is 2. The van der Waals surface area contributed by atoms with E-state index in [9.17, 15) is 18.0 Å². The van der Waals surface area contributed by atoms with Crippen LogP contribution in [0.25, 0.3) is 0 Å². The summed E-state index contributed by atoms with van der Waals surface area (Å²) < 4.78 is 37.1. The highest BCUT2D eigenvalue weighted by molar-refractivity contribution is 7.92. The summed E-state index contributed by atoms with van der Waals surface area (Å²) in [6.45, 7) is 6.25. The van der Waals surface area contributed by atoms with Gasteiger partial charge in [0.1, 0.15) is 24.1 Å². The van der Waals surface area contributed by atoms with E-state index in [1.54, 1.807) is 49.6 Å². The van der Waals surface area contributed by atoms with Crippen molar-refractivity contribution in [1.29, 1.82) is 0 Å². The Morgan fingerprint density at radius 3 is 2.28 bits per heavy atom. The van der Waals surface area contributed by atoms with Gasteiger partial charge in [-0.05, 0) is 61.7 Å². The van der Waals surface area contributed by atoms with Crippen molar-refractivity contribution in [3.8, 4) is 11.5 Å². The van der Waals surface area contributed by atoms with Crippen LogP contribution in [-0.4, -0.2) is 64.2 Å². The summed E-state index contributed by atoms with van der Waals surface area (Å²) >= 11 is 0. The largest absolute Gasteiger partial charge is 0.497 e. The molecule has 36 heavy (non-hydrogen) atoms. The third-order valence-electron chi connectivity index (χ3n) is 5.54. The van der Waals surface area contributed by atoms with E-state index >= 15 is 0 Å². The summed E-state index contributed by atoms with van der Waals surface area (Å²) in [5, 5.41) is 2.86. The van der Waals surface area contributed by atoms with E-state index in [-0.39, 0.29) is 12.5 Å². The summed E-state index contributed by atoms with van der Waals surface area (Å²) in [4.78, 5) is 28.1. The van der Waals surface area contributed by atoms with Crippen LogP contribution in [0.3, 0.4) is 0 Å². The number of anilines is 1. The number of ether oxygens (including phenoxy) is 2. The van der Waals surface area contributed by atoms with Crippen LogP contribution in [0.4, 0.5) is 5.69 Å². The molecule has 2 rings (SSSR count). The third-order valence-corrected chi connectivity index (χ3v) is 6.68. The molecule has 198 valence electrons. The molecule has 0 fully saturated rings. The molecule has 0 aliphatic rings. The average molecular weight is 520 g/mol. The summed E-state index contributed by atoms with van der Waals surface area (Å²) in [6, 6.07) is 12.9. The fourth-order valence-electron chi connectivity index (χ4n) is 3.74. The van der Waals surface area contributed by atoms with Crippen molar-refractivity contribution in [2.24, 2.45) is 0 Å². The Labute approximate surface area is 214 Å². The van der Waals surface area contributed by atoms with Crippen LogP contribution in [-0.2, 0) is 26.2 Å². The van der Waals surface area contributed by atoms with E-state index < -0.39 is 28.5 Å². The van der Waals surface area contributed by atoms with Crippen LogP contribution in [0.1, 0.15) is 39.2 Å². The first-order valence-electron chi connectivity index (χ1n) is 12.0. The number of carbonyl (C=O) groups is 2. The predicted molar refractivity (Wildman–Crippen MR) is 141 cm³/mol. The molecule has 0 saturated carbocycles. The van der Waals surface area contributed by atoms with Gasteiger partial charge in [-0.2, -0.15) is 0 Å². The molecule has 1 atom stereocenters. The minimum absolute atomic E-state index is 0.120. The SMILES string of the molecule is CCCNC(=O)C(CC)N(Cc1cccc(OC)c1)C(=O)CN(c1ccc(OCC)cc1)S(C)(=O)=O. The van der Waals surface area contributed by atoms with Crippen molar-refractivity contribution >= 4 is 27.5 Å². The van der Waals surface area contributed by atoms with E-state index in [4.69, 9.17) is 9.47 Å². The topological polar surface area (TPSA) is 105 Å². The lowest BCUT2D eigenvalue weighted by molar-refractivity contribution is -0.140. The van der Waals surface area contributed by atoms with Crippen LogP contribution in [0.15, 0.2) is 48.5 Å². The zero-order chi connectivity index (χ0) is 26.7. The molecular formula is C26H37N3O6S. The fourth-order valence-corrected chi connectivity index (χ4v) is 4.59. The van der Waals surface area contributed by atoms with Crippen molar-refractivity contribution < 1.29 is 27.5 Å². The molecule has 0 saturated heterocycles. The van der Waals surface area contributed by atoms with Crippen molar-refractivity contribution in [3.63, 3.8) is 0 Å². The number of sulfonamides is 1. The first-order valence-corrected chi connectivity index (χ1v) is 13.9. The smallest absolute Gasteiger partial charge is 0.244 e. The molecule has 0 spiro atoms. The van der Waals surface area contributed by atoms with Crippen LogP contribution >= 0.6 is 0 Å². The van der Waals surface area contributed by atoms with Crippen molar-refractivity contribution in [1.82, 2.24) is 10.2 Å². The Balaban J connectivity index is 2.41. The Bertz CT molecular complexity index is 1100. The molecular weight excluding hydrogens is 482 g/mol. The fraction of sp³-hybridized carbons (Fsp3) is 0.462. The quantitative estimate of drug-likeness (QED) is 0.411. The molecule has 10 heteroatoms. The van der Waals surface area contributed by atoms with Gasteiger partial charge in [-0.25, -0.2) is 8.42 Å². The highest BCUT2D eigenvalue weighted by atomic mass is 32.2. The van der Waals surface area contributed by atoms with E-state index in [0.29, 0.717) is 36.8 Å². The Hall–Kier alpha value is -3.27. The third kappa shape index (κ3) is 8.15. The van der Waals surface area contributed by atoms with Gasteiger partial charge in [0.05, 0.1) is 25.7 Å². The van der Waals surface area contributed by atoms with Crippen molar-refractivity contribution in [2.45, 2.75) is 46.2 Å². The van der Waals surface area contributed by atoms with Crippen LogP contribution in [0.2, 0.25) is 0 Å². The van der Waals surface area contributed by atoms with Gasteiger partial charge in [0, 0.05) is 13.1 Å². The zero-order valence-corrected chi connectivity index (χ0v) is 22.5. The molecule has 0 radical (unpaired) electrons. The lowest BCUT2D eigenvalue weighted by Gasteiger charge is -2.33. The maximum atomic E-state index is 13.7. The second kappa shape index (κ2) is 13.7. The number of nitrogens with one attached hydrogen (secondary N) is 1. The maximum Gasteiger partial charge on any atom is 0.244 e. The van der Waals surface area contributed by atoms with E-state index in [2.05, 4.69) is 5.32 Å². The standard InChI is InChI=1S/C26H37N3O6S/c1-6-16-27-26(31)24(7-2)28(18-20-10-9-11-23(17-20)34-4)25(30)19-29(36(5,32)33)21-12-14-22(15-13-21)35-8-3/h9-15,17,24H,6-8,16,18-19H2,1-5H3,(H,27,31). The van der Waals surface area contributed by atoms with Gasteiger partial charge in [0.15, 0.2) is 0 Å². The number of benzene rings is 2. The van der Waals surface area contributed by atoms with Gasteiger partial charge in [-0.15, -0.1) is 0 Å². The van der Waals surface area contributed by atoms with Crippen LogP contribution in [0.5, 0.6) is 11.5 Å². The molecule has 0 aliphatic heterocycles. The number of hydrogen-bond donors (Lipinski definition) is 1. The van der Waals surface area contributed by atoms with Crippen molar-refractivity contribution in [3.05, 3.63) is 54.1 Å². The zero-order valence-electron chi connectivity index (χ0n) is 21.7. The monoisotopic (exact) mass is 519 g/mol. The molecule has 2 aromatic rings. The number of rotatable bonds is 14. The van der Waals surface area contributed by atoms with Gasteiger partial charge in [0.25, 0.3) is 0 Å². The lowest BCUT2D eigenvalue weighted by atomic mass is 10.1. The Morgan fingerprint density at radius 2 is 1.72 bits per heavy atom. The van der Waals surface area contributed by atoms with Crippen LogP contribution < -0.4 is 19.1 Å². The summed E-state index contributed by atoms with van der Waals surface area (Å²) in [5.41, 5.74) is 1.09. The molecule has 1 unspecified atom stereocenters. The molecule has 2 aromatic carbocycles. The van der Waals surface area contributed by atoms with Gasteiger partial charge >= 0.3 is 0 Å². The van der Waals surface area contributed by atoms with Gasteiger partial charge < -0.3 is 19.7 Å². The predicted octanol–water partition coefficient (Wildman–Crippen LogP) is 3.19.